The molecule has 0 radical (unpaired) electrons. The van der Waals surface area contributed by atoms with Gasteiger partial charge in [0.2, 0.25) is 17.6 Å². The molecule has 146 valence electrons. The number of carbonyl (C=O) groups excluding carboxylic acids is 1. The summed E-state index contributed by atoms with van der Waals surface area (Å²) in [5.41, 5.74) is 2.00. The van der Waals surface area contributed by atoms with Crippen molar-refractivity contribution in [2.75, 3.05) is 23.3 Å². The number of hydrogen-bond donors (Lipinski definition) is 1. The van der Waals surface area contributed by atoms with Crippen molar-refractivity contribution in [2.45, 2.75) is 32.6 Å². The van der Waals surface area contributed by atoms with E-state index in [0.717, 1.165) is 24.7 Å². The molecule has 0 bridgehead atoms. The standard InChI is InChI=1S/C21H24N4O3/c1-15-10-12-25(13-11-15)17-6-4-16(5-7-17)22-19(26)8-9-20-23-21(24-28-20)18-3-2-14-27-18/h2-7,14-15H,8-13H2,1H3,(H,22,26). The summed E-state index contributed by atoms with van der Waals surface area (Å²) in [6, 6.07) is 11.6. The van der Waals surface area contributed by atoms with Crippen LogP contribution in [0, 0.1) is 5.92 Å². The van der Waals surface area contributed by atoms with E-state index in [1.807, 2.05) is 12.1 Å². The summed E-state index contributed by atoms with van der Waals surface area (Å²) in [5, 5.41) is 6.78. The van der Waals surface area contributed by atoms with E-state index in [4.69, 9.17) is 8.94 Å². The maximum atomic E-state index is 12.2. The molecule has 28 heavy (non-hydrogen) atoms. The lowest BCUT2D eigenvalue weighted by molar-refractivity contribution is -0.116. The molecule has 3 aromatic rings. The topological polar surface area (TPSA) is 84.4 Å². The molecule has 1 aromatic carbocycles. The highest BCUT2D eigenvalue weighted by Gasteiger charge is 2.16. The zero-order chi connectivity index (χ0) is 19.3. The second kappa shape index (κ2) is 8.29. The van der Waals surface area contributed by atoms with E-state index in [9.17, 15) is 4.79 Å². The number of piperidine rings is 1. The highest BCUT2D eigenvalue weighted by molar-refractivity contribution is 5.90. The van der Waals surface area contributed by atoms with Crippen molar-refractivity contribution in [1.82, 2.24) is 10.1 Å². The molecule has 2 aromatic heterocycles. The van der Waals surface area contributed by atoms with Crippen molar-refractivity contribution in [3.05, 3.63) is 48.6 Å². The fraction of sp³-hybridized carbons (Fsp3) is 0.381. The number of rotatable bonds is 6. The smallest absolute Gasteiger partial charge is 0.238 e. The third kappa shape index (κ3) is 4.42. The number of nitrogens with zero attached hydrogens (tertiary/aromatic N) is 3. The molecule has 7 heteroatoms. The van der Waals surface area contributed by atoms with Crippen LogP contribution in [-0.4, -0.2) is 29.1 Å². The molecule has 1 N–H and O–H groups in total. The van der Waals surface area contributed by atoms with Crippen LogP contribution < -0.4 is 10.2 Å². The molecular formula is C21H24N4O3. The first-order valence-corrected chi connectivity index (χ1v) is 9.69. The van der Waals surface area contributed by atoms with Gasteiger partial charge in [-0.05, 0) is 55.2 Å². The Balaban J connectivity index is 1.27. The van der Waals surface area contributed by atoms with Gasteiger partial charge in [0.1, 0.15) is 0 Å². The Hall–Kier alpha value is -3.09. The lowest BCUT2D eigenvalue weighted by Gasteiger charge is -2.32. The van der Waals surface area contributed by atoms with E-state index in [-0.39, 0.29) is 12.3 Å². The summed E-state index contributed by atoms with van der Waals surface area (Å²) in [4.78, 5) is 18.9. The summed E-state index contributed by atoms with van der Waals surface area (Å²) >= 11 is 0. The summed E-state index contributed by atoms with van der Waals surface area (Å²) in [7, 11) is 0. The normalized spacial score (nSPS) is 15.0. The number of carbonyl (C=O) groups is 1. The maximum absolute atomic E-state index is 12.2. The number of furan rings is 1. The number of nitrogens with one attached hydrogen (secondary N) is 1. The Labute approximate surface area is 163 Å². The van der Waals surface area contributed by atoms with Crippen LogP contribution in [0.25, 0.3) is 11.6 Å². The molecule has 1 aliphatic heterocycles. The van der Waals surface area contributed by atoms with E-state index >= 15 is 0 Å². The fourth-order valence-electron chi connectivity index (χ4n) is 3.33. The van der Waals surface area contributed by atoms with Crippen LogP contribution in [0.1, 0.15) is 32.1 Å². The molecule has 0 aliphatic carbocycles. The van der Waals surface area contributed by atoms with Crippen molar-refractivity contribution in [1.29, 1.82) is 0 Å². The molecule has 0 spiro atoms. The first kappa shape index (κ1) is 18.3. The predicted octanol–water partition coefficient (Wildman–Crippen LogP) is 4.14. The van der Waals surface area contributed by atoms with E-state index in [1.165, 1.54) is 18.5 Å². The molecule has 1 amide bonds. The summed E-state index contributed by atoms with van der Waals surface area (Å²) in [6.07, 6.45) is 4.66. The Morgan fingerprint density at radius 1 is 1.21 bits per heavy atom. The molecule has 1 aliphatic rings. The molecular weight excluding hydrogens is 356 g/mol. The minimum Gasteiger partial charge on any atom is -0.461 e. The molecule has 0 saturated carbocycles. The number of benzene rings is 1. The van der Waals surface area contributed by atoms with Gasteiger partial charge in [-0.2, -0.15) is 4.98 Å². The predicted molar refractivity (Wildman–Crippen MR) is 106 cm³/mol. The molecule has 0 atom stereocenters. The van der Waals surface area contributed by atoms with Gasteiger partial charge in [-0.3, -0.25) is 4.79 Å². The van der Waals surface area contributed by atoms with Crippen molar-refractivity contribution < 1.29 is 13.7 Å². The second-order valence-corrected chi connectivity index (χ2v) is 7.25. The minimum absolute atomic E-state index is 0.0858. The highest BCUT2D eigenvalue weighted by Crippen LogP contribution is 2.24. The number of hydrogen-bond acceptors (Lipinski definition) is 6. The van der Waals surface area contributed by atoms with E-state index < -0.39 is 0 Å². The summed E-state index contributed by atoms with van der Waals surface area (Å²) < 4.78 is 10.4. The van der Waals surface area contributed by atoms with E-state index in [0.29, 0.717) is 23.9 Å². The van der Waals surface area contributed by atoms with Crippen LogP contribution in [0.5, 0.6) is 0 Å². The van der Waals surface area contributed by atoms with Gasteiger partial charge in [-0.15, -0.1) is 0 Å². The SMILES string of the molecule is CC1CCN(c2ccc(NC(=O)CCc3nc(-c4ccco4)no3)cc2)CC1. The number of anilines is 2. The van der Waals surface area contributed by atoms with Gasteiger partial charge in [0.15, 0.2) is 5.76 Å². The van der Waals surface area contributed by atoms with E-state index in [1.54, 1.807) is 18.4 Å². The first-order valence-electron chi connectivity index (χ1n) is 9.69. The zero-order valence-corrected chi connectivity index (χ0v) is 15.9. The van der Waals surface area contributed by atoms with Gasteiger partial charge < -0.3 is 19.2 Å². The van der Waals surface area contributed by atoms with Gasteiger partial charge in [-0.25, -0.2) is 0 Å². The molecule has 1 saturated heterocycles. The number of amides is 1. The quantitative estimate of drug-likeness (QED) is 0.692. The Kier molecular flexibility index (Phi) is 5.41. The average Bonchev–Trinajstić information content (AvgIpc) is 3.39. The Morgan fingerprint density at radius 2 is 2.00 bits per heavy atom. The third-order valence-corrected chi connectivity index (χ3v) is 5.08. The summed E-state index contributed by atoms with van der Waals surface area (Å²) in [5.74, 6) is 2.07. The van der Waals surface area contributed by atoms with Gasteiger partial charge >= 0.3 is 0 Å². The van der Waals surface area contributed by atoms with Gasteiger partial charge in [0, 0.05) is 37.3 Å². The number of aromatic nitrogens is 2. The zero-order valence-electron chi connectivity index (χ0n) is 15.9. The van der Waals surface area contributed by atoms with Gasteiger partial charge in [-0.1, -0.05) is 12.1 Å². The molecule has 3 heterocycles. The lowest BCUT2D eigenvalue weighted by Crippen LogP contribution is -2.32. The first-order chi connectivity index (χ1) is 13.7. The van der Waals surface area contributed by atoms with Crippen molar-refractivity contribution in [3.63, 3.8) is 0 Å². The minimum atomic E-state index is -0.0858. The Bertz CT molecular complexity index is 894. The maximum Gasteiger partial charge on any atom is 0.238 e. The van der Waals surface area contributed by atoms with Crippen LogP contribution in [0.4, 0.5) is 11.4 Å². The second-order valence-electron chi connectivity index (χ2n) is 7.25. The number of aryl methyl sites for hydroxylation is 1. The summed E-state index contributed by atoms with van der Waals surface area (Å²) in [6.45, 7) is 4.50. The highest BCUT2D eigenvalue weighted by atomic mass is 16.5. The van der Waals surface area contributed by atoms with Crippen molar-refractivity contribution >= 4 is 17.3 Å². The molecule has 0 unspecified atom stereocenters. The Morgan fingerprint density at radius 3 is 2.71 bits per heavy atom. The molecule has 1 fully saturated rings. The van der Waals surface area contributed by atoms with Crippen molar-refractivity contribution in [3.8, 4) is 11.6 Å². The average molecular weight is 380 g/mol. The van der Waals surface area contributed by atoms with Crippen LogP contribution in [0.3, 0.4) is 0 Å². The van der Waals surface area contributed by atoms with Crippen LogP contribution in [-0.2, 0) is 11.2 Å². The van der Waals surface area contributed by atoms with Crippen LogP contribution in [0.15, 0.2) is 51.6 Å². The van der Waals surface area contributed by atoms with Crippen molar-refractivity contribution in [2.24, 2.45) is 5.92 Å². The van der Waals surface area contributed by atoms with E-state index in [2.05, 4.69) is 39.4 Å². The van der Waals surface area contributed by atoms with Crippen LogP contribution in [0.2, 0.25) is 0 Å². The van der Waals surface area contributed by atoms with Gasteiger partial charge in [0.25, 0.3) is 0 Å². The third-order valence-electron chi connectivity index (χ3n) is 5.08. The van der Waals surface area contributed by atoms with Gasteiger partial charge in [0.05, 0.1) is 6.26 Å². The monoisotopic (exact) mass is 380 g/mol. The molecule has 4 rings (SSSR count). The van der Waals surface area contributed by atoms with Crippen LogP contribution >= 0.6 is 0 Å². The largest absolute Gasteiger partial charge is 0.461 e. The lowest BCUT2D eigenvalue weighted by atomic mass is 9.99. The molecule has 7 nitrogen and oxygen atoms in total. The fourth-order valence-corrected chi connectivity index (χ4v) is 3.33.